The smallest absolute Gasteiger partial charge is 0.219 e. The van der Waals surface area contributed by atoms with Crippen LogP contribution in [0.1, 0.15) is 25.8 Å². The molecule has 0 saturated heterocycles. The maximum absolute atomic E-state index is 12.9. The van der Waals surface area contributed by atoms with Gasteiger partial charge in [-0.25, -0.2) is 14.4 Å². The van der Waals surface area contributed by atoms with Crippen LogP contribution in [-0.4, -0.2) is 23.5 Å². The van der Waals surface area contributed by atoms with Gasteiger partial charge in [-0.15, -0.1) is 0 Å². The number of hydrogen-bond donors (Lipinski definition) is 2. The predicted molar refractivity (Wildman–Crippen MR) is 96.2 cm³/mol. The molecule has 2 atom stereocenters. The lowest BCUT2D eigenvalue weighted by molar-refractivity contribution is 0.460. The van der Waals surface area contributed by atoms with Gasteiger partial charge in [0.2, 0.25) is 5.88 Å². The SMILES string of the molecule is CCNC(=NCc1ccnc(Oc2ccc(F)cc2)c1)NC1CC1C. The molecule has 1 heterocycles. The summed E-state index contributed by atoms with van der Waals surface area (Å²) in [5.41, 5.74) is 0.994. The van der Waals surface area contributed by atoms with Gasteiger partial charge in [0, 0.05) is 24.8 Å². The number of aliphatic imine (C=N–C) groups is 1. The summed E-state index contributed by atoms with van der Waals surface area (Å²) in [5, 5.41) is 6.69. The molecule has 1 saturated carbocycles. The second-order valence-corrected chi connectivity index (χ2v) is 6.22. The lowest BCUT2D eigenvalue weighted by atomic mass is 10.2. The average Bonchev–Trinajstić information content (AvgIpc) is 3.30. The van der Waals surface area contributed by atoms with E-state index in [-0.39, 0.29) is 5.82 Å². The van der Waals surface area contributed by atoms with Crippen LogP contribution >= 0.6 is 0 Å². The Hall–Kier alpha value is -2.63. The average molecular weight is 342 g/mol. The molecule has 2 N–H and O–H groups in total. The van der Waals surface area contributed by atoms with Gasteiger partial charge in [-0.2, -0.15) is 0 Å². The molecule has 132 valence electrons. The summed E-state index contributed by atoms with van der Waals surface area (Å²) in [6.07, 6.45) is 2.88. The summed E-state index contributed by atoms with van der Waals surface area (Å²) in [4.78, 5) is 8.81. The van der Waals surface area contributed by atoms with E-state index < -0.39 is 0 Å². The number of guanidine groups is 1. The number of nitrogens with zero attached hydrogens (tertiary/aromatic N) is 2. The van der Waals surface area contributed by atoms with Gasteiger partial charge in [-0.3, -0.25) is 0 Å². The van der Waals surface area contributed by atoms with Crippen molar-refractivity contribution in [3.8, 4) is 11.6 Å². The van der Waals surface area contributed by atoms with Crippen molar-refractivity contribution >= 4 is 5.96 Å². The highest BCUT2D eigenvalue weighted by Gasteiger charge is 2.33. The van der Waals surface area contributed by atoms with Crippen LogP contribution < -0.4 is 15.4 Å². The molecular formula is C19H23FN4O. The monoisotopic (exact) mass is 342 g/mol. The lowest BCUT2D eigenvalue weighted by Gasteiger charge is -2.11. The minimum absolute atomic E-state index is 0.295. The summed E-state index contributed by atoms with van der Waals surface area (Å²) >= 11 is 0. The second kappa shape index (κ2) is 7.96. The Bertz CT molecular complexity index is 732. The van der Waals surface area contributed by atoms with Crippen LogP contribution in [0.4, 0.5) is 4.39 Å². The number of ether oxygens (including phenoxy) is 1. The van der Waals surface area contributed by atoms with Gasteiger partial charge in [0.1, 0.15) is 11.6 Å². The van der Waals surface area contributed by atoms with E-state index in [1.54, 1.807) is 18.3 Å². The predicted octanol–water partition coefficient (Wildman–Crippen LogP) is 3.48. The molecule has 1 aromatic heterocycles. The third kappa shape index (κ3) is 5.17. The molecule has 5 nitrogen and oxygen atoms in total. The van der Waals surface area contributed by atoms with Crippen LogP contribution in [0.5, 0.6) is 11.6 Å². The molecule has 6 heteroatoms. The number of halogens is 1. The fourth-order valence-electron chi connectivity index (χ4n) is 2.42. The van der Waals surface area contributed by atoms with Gasteiger partial charge in [0.15, 0.2) is 5.96 Å². The van der Waals surface area contributed by atoms with E-state index >= 15 is 0 Å². The molecule has 25 heavy (non-hydrogen) atoms. The summed E-state index contributed by atoms with van der Waals surface area (Å²) in [6, 6.07) is 10.1. The van der Waals surface area contributed by atoms with Gasteiger partial charge in [0.25, 0.3) is 0 Å². The molecule has 0 aliphatic heterocycles. The lowest BCUT2D eigenvalue weighted by Crippen LogP contribution is -2.39. The topological polar surface area (TPSA) is 58.5 Å². The van der Waals surface area contributed by atoms with Crippen LogP contribution in [0, 0.1) is 11.7 Å². The van der Waals surface area contributed by atoms with Crippen LogP contribution in [0.15, 0.2) is 47.6 Å². The van der Waals surface area contributed by atoms with Gasteiger partial charge < -0.3 is 15.4 Å². The highest BCUT2D eigenvalue weighted by Crippen LogP contribution is 2.28. The zero-order chi connectivity index (χ0) is 17.6. The molecule has 0 radical (unpaired) electrons. The molecule has 0 spiro atoms. The number of rotatable bonds is 6. The molecule has 1 aliphatic carbocycles. The normalized spacial score (nSPS) is 19.4. The highest BCUT2D eigenvalue weighted by atomic mass is 19.1. The Morgan fingerprint density at radius 3 is 2.76 bits per heavy atom. The molecule has 0 amide bonds. The summed E-state index contributed by atoms with van der Waals surface area (Å²) < 4.78 is 18.6. The number of hydrogen-bond acceptors (Lipinski definition) is 3. The first-order chi connectivity index (χ1) is 12.1. The van der Waals surface area contributed by atoms with Crippen molar-refractivity contribution in [3.05, 3.63) is 54.0 Å². The van der Waals surface area contributed by atoms with E-state index in [0.29, 0.717) is 30.1 Å². The minimum atomic E-state index is -0.295. The Balaban J connectivity index is 1.63. The zero-order valence-electron chi connectivity index (χ0n) is 14.5. The minimum Gasteiger partial charge on any atom is -0.439 e. The molecule has 1 aromatic carbocycles. The number of nitrogens with one attached hydrogen (secondary N) is 2. The number of benzene rings is 1. The van der Waals surface area contributed by atoms with Crippen LogP contribution in [0.2, 0.25) is 0 Å². The first kappa shape index (κ1) is 17.2. The van der Waals surface area contributed by atoms with Crippen LogP contribution in [0.3, 0.4) is 0 Å². The van der Waals surface area contributed by atoms with Crippen molar-refractivity contribution in [2.75, 3.05) is 6.54 Å². The van der Waals surface area contributed by atoms with Crippen molar-refractivity contribution in [1.29, 1.82) is 0 Å². The quantitative estimate of drug-likeness (QED) is 0.623. The Morgan fingerprint density at radius 1 is 1.32 bits per heavy atom. The summed E-state index contributed by atoms with van der Waals surface area (Å²) in [6.45, 7) is 5.62. The van der Waals surface area contributed by atoms with Crippen molar-refractivity contribution in [2.45, 2.75) is 32.9 Å². The van der Waals surface area contributed by atoms with Gasteiger partial charge in [-0.1, -0.05) is 6.92 Å². The molecular weight excluding hydrogens is 319 g/mol. The van der Waals surface area contributed by atoms with Crippen LogP contribution in [0.25, 0.3) is 0 Å². The van der Waals surface area contributed by atoms with E-state index in [1.165, 1.54) is 18.6 Å². The first-order valence-corrected chi connectivity index (χ1v) is 8.57. The van der Waals surface area contributed by atoms with Crippen molar-refractivity contribution in [2.24, 2.45) is 10.9 Å². The van der Waals surface area contributed by atoms with E-state index in [2.05, 4.69) is 34.5 Å². The molecule has 1 aliphatic rings. The highest BCUT2D eigenvalue weighted by molar-refractivity contribution is 5.80. The van der Waals surface area contributed by atoms with Crippen molar-refractivity contribution in [3.63, 3.8) is 0 Å². The van der Waals surface area contributed by atoms with E-state index in [9.17, 15) is 4.39 Å². The van der Waals surface area contributed by atoms with Gasteiger partial charge >= 0.3 is 0 Å². The largest absolute Gasteiger partial charge is 0.439 e. The fraction of sp³-hybridized carbons (Fsp3) is 0.368. The van der Waals surface area contributed by atoms with Crippen LogP contribution in [-0.2, 0) is 6.54 Å². The third-order valence-electron chi connectivity index (χ3n) is 4.03. The third-order valence-corrected chi connectivity index (χ3v) is 4.03. The Kier molecular flexibility index (Phi) is 5.48. The standard InChI is InChI=1S/C19H23FN4O/c1-3-21-19(24-17-10-13(17)2)23-12-14-8-9-22-18(11-14)25-16-6-4-15(20)5-7-16/h4-9,11,13,17H,3,10,12H2,1-2H3,(H2,21,23,24). The Morgan fingerprint density at radius 2 is 2.08 bits per heavy atom. The molecule has 2 unspecified atom stereocenters. The van der Waals surface area contributed by atoms with Gasteiger partial charge in [-0.05, 0) is 55.2 Å². The van der Waals surface area contributed by atoms with E-state index in [1.807, 2.05) is 12.1 Å². The van der Waals surface area contributed by atoms with Gasteiger partial charge in [0.05, 0.1) is 6.54 Å². The first-order valence-electron chi connectivity index (χ1n) is 8.57. The Labute approximate surface area is 147 Å². The number of pyridine rings is 1. The molecule has 0 bridgehead atoms. The fourth-order valence-corrected chi connectivity index (χ4v) is 2.42. The molecule has 2 aromatic rings. The summed E-state index contributed by atoms with van der Waals surface area (Å²) in [7, 11) is 0. The van der Waals surface area contributed by atoms with Crippen molar-refractivity contribution in [1.82, 2.24) is 15.6 Å². The van der Waals surface area contributed by atoms with Crippen molar-refractivity contribution < 1.29 is 9.13 Å². The van der Waals surface area contributed by atoms with E-state index in [4.69, 9.17) is 4.74 Å². The van der Waals surface area contributed by atoms with E-state index in [0.717, 1.165) is 18.1 Å². The number of aromatic nitrogens is 1. The maximum atomic E-state index is 12.9. The summed E-state index contributed by atoms with van der Waals surface area (Å²) in [5.74, 6) is 2.26. The molecule has 3 rings (SSSR count). The maximum Gasteiger partial charge on any atom is 0.219 e. The zero-order valence-corrected chi connectivity index (χ0v) is 14.5. The molecule has 1 fully saturated rings. The second-order valence-electron chi connectivity index (χ2n) is 6.22.